The molecule has 1 heterocycles. The second-order valence-corrected chi connectivity index (χ2v) is 6.98. The number of carbonyl (C=O) groups excluding carboxylic acids is 1. The van der Waals surface area contributed by atoms with E-state index in [2.05, 4.69) is 10.3 Å². The first-order chi connectivity index (χ1) is 12.1. The number of pyridine rings is 1. The van der Waals surface area contributed by atoms with Crippen LogP contribution in [0.1, 0.15) is 43.2 Å². The number of nitrogens with zero attached hydrogens (tertiary/aromatic N) is 1. The van der Waals surface area contributed by atoms with Gasteiger partial charge in [0.25, 0.3) is 0 Å². The zero-order valence-corrected chi connectivity index (χ0v) is 15.2. The molecule has 1 aliphatic carbocycles. The Bertz CT molecular complexity index is 742. The molecule has 2 aromatic rings. The summed E-state index contributed by atoms with van der Waals surface area (Å²) in [6.45, 7) is 0.458. The van der Waals surface area contributed by atoms with Gasteiger partial charge in [-0.05, 0) is 42.2 Å². The molecule has 25 heavy (non-hydrogen) atoms. The highest BCUT2D eigenvalue weighted by molar-refractivity contribution is 6.30. The number of aromatic nitrogens is 1. The van der Waals surface area contributed by atoms with E-state index in [9.17, 15) is 4.79 Å². The van der Waals surface area contributed by atoms with Crippen molar-refractivity contribution in [2.45, 2.75) is 44.1 Å². The molecule has 4 nitrogen and oxygen atoms in total. The van der Waals surface area contributed by atoms with E-state index in [1.807, 2.05) is 36.4 Å². The van der Waals surface area contributed by atoms with Gasteiger partial charge in [-0.15, -0.1) is 0 Å². The van der Waals surface area contributed by atoms with Crippen molar-refractivity contribution in [1.82, 2.24) is 10.3 Å². The standard InChI is InChI=1S/C20H23ClN2O2/c1-25-18-12-15(8-11-22-18)14-23-19(24)20(9-3-2-4-10-20)16-6-5-7-17(21)13-16/h5-8,11-13H,2-4,9-10,14H2,1H3,(H,23,24). The number of benzene rings is 1. The highest BCUT2D eigenvalue weighted by atomic mass is 35.5. The van der Waals surface area contributed by atoms with Gasteiger partial charge in [0.05, 0.1) is 12.5 Å². The Morgan fingerprint density at radius 3 is 2.76 bits per heavy atom. The van der Waals surface area contributed by atoms with Crippen LogP contribution in [0.5, 0.6) is 5.88 Å². The van der Waals surface area contributed by atoms with Gasteiger partial charge in [-0.3, -0.25) is 4.79 Å². The van der Waals surface area contributed by atoms with Crippen molar-refractivity contribution in [2.24, 2.45) is 0 Å². The summed E-state index contributed by atoms with van der Waals surface area (Å²) in [6, 6.07) is 11.5. The lowest BCUT2D eigenvalue weighted by atomic mass is 9.68. The smallest absolute Gasteiger partial charge is 0.230 e. The molecule has 0 aliphatic heterocycles. The molecule has 1 saturated carbocycles. The fourth-order valence-corrected chi connectivity index (χ4v) is 3.80. The zero-order chi connectivity index (χ0) is 17.7. The summed E-state index contributed by atoms with van der Waals surface area (Å²) in [7, 11) is 1.58. The quantitative estimate of drug-likeness (QED) is 0.868. The van der Waals surface area contributed by atoms with Crippen LogP contribution in [-0.2, 0) is 16.8 Å². The van der Waals surface area contributed by atoms with E-state index in [0.29, 0.717) is 17.4 Å². The Labute approximate surface area is 153 Å². The molecule has 132 valence electrons. The van der Waals surface area contributed by atoms with E-state index in [1.54, 1.807) is 13.3 Å². The van der Waals surface area contributed by atoms with Crippen molar-refractivity contribution in [3.8, 4) is 5.88 Å². The molecule has 1 amide bonds. The average molecular weight is 359 g/mol. The maximum Gasteiger partial charge on any atom is 0.230 e. The van der Waals surface area contributed by atoms with Crippen LogP contribution in [0.3, 0.4) is 0 Å². The number of carbonyl (C=O) groups is 1. The van der Waals surface area contributed by atoms with Gasteiger partial charge < -0.3 is 10.1 Å². The van der Waals surface area contributed by atoms with Gasteiger partial charge >= 0.3 is 0 Å². The topological polar surface area (TPSA) is 51.2 Å². The minimum absolute atomic E-state index is 0.0743. The molecule has 1 fully saturated rings. The summed E-state index contributed by atoms with van der Waals surface area (Å²) in [4.78, 5) is 17.3. The normalized spacial score (nSPS) is 16.2. The molecule has 0 saturated heterocycles. The number of amides is 1. The van der Waals surface area contributed by atoms with Gasteiger partial charge in [0.15, 0.2) is 0 Å². The van der Waals surface area contributed by atoms with Gasteiger partial charge in [-0.1, -0.05) is 43.0 Å². The van der Waals surface area contributed by atoms with E-state index in [-0.39, 0.29) is 5.91 Å². The van der Waals surface area contributed by atoms with Crippen LogP contribution in [0.15, 0.2) is 42.6 Å². The number of hydrogen-bond acceptors (Lipinski definition) is 3. The molecule has 1 aliphatic rings. The van der Waals surface area contributed by atoms with E-state index in [0.717, 1.165) is 36.8 Å². The SMILES string of the molecule is COc1cc(CNC(=O)C2(c3cccc(Cl)c3)CCCCC2)ccn1. The molecule has 0 spiro atoms. The third-order valence-corrected chi connectivity index (χ3v) is 5.22. The number of nitrogens with one attached hydrogen (secondary N) is 1. The highest BCUT2D eigenvalue weighted by Gasteiger charge is 2.41. The molecule has 3 rings (SSSR count). The van der Waals surface area contributed by atoms with Crippen LogP contribution in [0, 0.1) is 0 Å². The summed E-state index contributed by atoms with van der Waals surface area (Å²) in [6.07, 6.45) is 6.70. The average Bonchev–Trinajstić information content (AvgIpc) is 2.66. The molecule has 1 N–H and O–H groups in total. The van der Waals surface area contributed by atoms with E-state index >= 15 is 0 Å². The Morgan fingerprint density at radius 2 is 2.04 bits per heavy atom. The first-order valence-electron chi connectivity index (χ1n) is 8.67. The molecule has 0 bridgehead atoms. The maximum atomic E-state index is 13.2. The summed E-state index contributed by atoms with van der Waals surface area (Å²) in [5.41, 5.74) is 1.50. The van der Waals surface area contributed by atoms with Crippen LogP contribution in [0.4, 0.5) is 0 Å². The molecule has 1 aromatic heterocycles. The second kappa shape index (κ2) is 7.87. The van der Waals surface area contributed by atoms with Crippen LogP contribution < -0.4 is 10.1 Å². The van der Waals surface area contributed by atoms with Crippen LogP contribution in [0.2, 0.25) is 5.02 Å². The maximum absolute atomic E-state index is 13.2. The van der Waals surface area contributed by atoms with E-state index < -0.39 is 5.41 Å². The number of ether oxygens (including phenoxy) is 1. The molecule has 0 unspecified atom stereocenters. The summed E-state index contributed by atoms with van der Waals surface area (Å²) in [5, 5.41) is 3.79. The predicted molar refractivity (Wildman–Crippen MR) is 98.9 cm³/mol. The molecular weight excluding hydrogens is 336 g/mol. The predicted octanol–water partition coefficient (Wildman–Crippen LogP) is 4.26. The third kappa shape index (κ3) is 3.96. The van der Waals surface area contributed by atoms with Crippen LogP contribution in [-0.4, -0.2) is 18.0 Å². The Kier molecular flexibility index (Phi) is 5.59. The van der Waals surface area contributed by atoms with E-state index in [4.69, 9.17) is 16.3 Å². The van der Waals surface area contributed by atoms with Crippen LogP contribution >= 0.6 is 11.6 Å². The Hall–Kier alpha value is -2.07. The van der Waals surface area contributed by atoms with Crippen LogP contribution in [0.25, 0.3) is 0 Å². The number of hydrogen-bond donors (Lipinski definition) is 1. The van der Waals surface area contributed by atoms with Gasteiger partial charge in [0.2, 0.25) is 11.8 Å². The molecular formula is C20H23ClN2O2. The first-order valence-corrected chi connectivity index (χ1v) is 9.05. The summed E-state index contributed by atoms with van der Waals surface area (Å²) >= 11 is 6.18. The minimum Gasteiger partial charge on any atom is -0.481 e. The fraction of sp³-hybridized carbons (Fsp3) is 0.400. The molecule has 0 atom stereocenters. The molecule has 0 radical (unpaired) electrons. The third-order valence-electron chi connectivity index (χ3n) is 4.98. The van der Waals surface area contributed by atoms with Gasteiger partial charge in [0.1, 0.15) is 0 Å². The monoisotopic (exact) mass is 358 g/mol. The van der Waals surface area contributed by atoms with Gasteiger partial charge in [-0.2, -0.15) is 0 Å². The Balaban J connectivity index is 1.80. The number of halogens is 1. The highest BCUT2D eigenvalue weighted by Crippen LogP contribution is 2.40. The zero-order valence-electron chi connectivity index (χ0n) is 14.4. The minimum atomic E-state index is -0.486. The number of rotatable bonds is 5. The van der Waals surface area contributed by atoms with Crippen molar-refractivity contribution >= 4 is 17.5 Å². The van der Waals surface area contributed by atoms with Crippen molar-refractivity contribution in [2.75, 3.05) is 7.11 Å². The Morgan fingerprint density at radius 1 is 1.24 bits per heavy atom. The van der Waals surface area contributed by atoms with Gasteiger partial charge in [-0.25, -0.2) is 4.98 Å². The summed E-state index contributed by atoms with van der Waals surface area (Å²) in [5.74, 6) is 0.624. The van der Waals surface area contributed by atoms with E-state index in [1.165, 1.54) is 6.42 Å². The van der Waals surface area contributed by atoms with Gasteiger partial charge in [0, 0.05) is 23.8 Å². The lowest BCUT2D eigenvalue weighted by molar-refractivity contribution is -0.128. The van der Waals surface area contributed by atoms with Crippen molar-refractivity contribution in [3.63, 3.8) is 0 Å². The van der Waals surface area contributed by atoms with Crippen molar-refractivity contribution in [1.29, 1.82) is 0 Å². The second-order valence-electron chi connectivity index (χ2n) is 6.54. The first kappa shape index (κ1) is 17.7. The largest absolute Gasteiger partial charge is 0.481 e. The lowest BCUT2D eigenvalue weighted by Gasteiger charge is -2.36. The molecule has 1 aromatic carbocycles. The van der Waals surface area contributed by atoms with Crippen molar-refractivity contribution < 1.29 is 9.53 Å². The summed E-state index contributed by atoms with van der Waals surface area (Å²) < 4.78 is 5.14. The fourth-order valence-electron chi connectivity index (χ4n) is 3.61. The lowest BCUT2D eigenvalue weighted by Crippen LogP contribution is -2.45. The van der Waals surface area contributed by atoms with Crippen molar-refractivity contribution in [3.05, 3.63) is 58.7 Å². The molecule has 5 heteroatoms. The number of methoxy groups -OCH3 is 1.